The third-order valence-electron chi connectivity index (χ3n) is 4.07. The predicted molar refractivity (Wildman–Crippen MR) is 75.4 cm³/mol. The minimum absolute atomic E-state index is 0.175. The first kappa shape index (κ1) is 15.4. The first-order valence-corrected chi connectivity index (χ1v) is 7.00. The molecule has 0 aromatic carbocycles. The minimum atomic E-state index is 0.175. The summed E-state index contributed by atoms with van der Waals surface area (Å²) in [5.41, 5.74) is 6.29. The van der Waals surface area contributed by atoms with Crippen LogP contribution in [0.2, 0.25) is 0 Å². The Bertz CT molecular complexity index is 276. The summed E-state index contributed by atoms with van der Waals surface area (Å²) in [6, 6.07) is 0.203. The van der Waals surface area contributed by atoms with Crippen LogP contribution in [0.1, 0.15) is 39.5 Å². The highest BCUT2D eigenvalue weighted by atomic mass is 16.2. The summed E-state index contributed by atoms with van der Waals surface area (Å²) in [6.45, 7) is 7.37. The quantitative estimate of drug-likeness (QED) is 0.824. The number of carbonyl (C=O) groups is 1. The summed E-state index contributed by atoms with van der Waals surface area (Å²) in [6.07, 6.45) is 4.21. The van der Waals surface area contributed by atoms with Crippen LogP contribution >= 0.6 is 0 Å². The maximum Gasteiger partial charge on any atom is 0.223 e. The molecule has 1 aliphatic heterocycles. The van der Waals surface area contributed by atoms with Crippen molar-refractivity contribution < 1.29 is 4.79 Å². The van der Waals surface area contributed by atoms with Crippen molar-refractivity contribution in [2.24, 2.45) is 11.1 Å². The maximum atomic E-state index is 11.8. The van der Waals surface area contributed by atoms with E-state index in [9.17, 15) is 4.79 Å². The number of rotatable bonds is 4. The molecular weight excluding hydrogens is 226 g/mol. The van der Waals surface area contributed by atoms with Crippen LogP contribution in [0.3, 0.4) is 0 Å². The molecule has 0 aromatic heterocycles. The Kier molecular flexibility index (Phi) is 5.60. The van der Waals surface area contributed by atoms with E-state index in [2.05, 4.69) is 18.7 Å². The maximum absolute atomic E-state index is 11.8. The van der Waals surface area contributed by atoms with Crippen molar-refractivity contribution in [1.82, 2.24) is 9.80 Å². The molecule has 0 aromatic rings. The Morgan fingerprint density at radius 2 is 2.00 bits per heavy atom. The first-order chi connectivity index (χ1) is 8.35. The molecule has 1 atom stereocenters. The molecular formula is C14H29N3O. The largest absolute Gasteiger partial charge is 0.349 e. The number of hydrogen-bond donors (Lipinski definition) is 1. The topological polar surface area (TPSA) is 49.6 Å². The molecule has 1 aliphatic rings. The van der Waals surface area contributed by atoms with Gasteiger partial charge in [0.25, 0.3) is 0 Å². The lowest BCUT2D eigenvalue weighted by Crippen LogP contribution is -2.44. The molecule has 18 heavy (non-hydrogen) atoms. The monoisotopic (exact) mass is 255 g/mol. The molecule has 0 aliphatic carbocycles. The molecule has 0 radical (unpaired) electrons. The molecule has 1 unspecified atom stereocenters. The van der Waals surface area contributed by atoms with Gasteiger partial charge in [-0.15, -0.1) is 0 Å². The Morgan fingerprint density at radius 1 is 1.33 bits per heavy atom. The van der Waals surface area contributed by atoms with Crippen molar-refractivity contribution in [3.05, 3.63) is 0 Å². The van der Waals surface area contributed by atoms with E-state index in [0.717, 1.165) is 13.1 Å². The standard InChI is InChI=1S/C14H29N3O/c1-14(2)6-5-8-17(9-7-14)12(11-15)10-13(18)16(3)4/h12H,5-11,15H2,1-4H3. The van der Waals surface area contributed by atoms with Gasteiger partial charge in [0, 0.05) is 33.1 Å². The SMILES string of the molecule is CN(C)C(=O)CC(CN)N1CCCC(C)(C)CC1. The lowest BCUT2D eigenvalue weighted by Gasteiger charge is -2.30. The van der Waals surface area contributed by atoms with E-state index in [4.69, 9.17) is 5.73 Å². The molecule has 4 heteroatoms. The highest BCUT2D eigenvalue weighted by molar-refractivity contribution is 5.76. The normalized spacial score (nSPS) is 22.3. The Hall–Kier alpha value is -0.610. The van der Waals surface area contributed by atoms with Crippen LogP contribution in [-0.2, 0) is 4.79 Å². The summed E-state index contributed by atoms with van der Waals surface area (Å²) in [5, 5.41) is 0. The molecule has 0 spiro atoms. The summed E-state index contributed by atoms with van der Waals surface area (Å²) in [4.78, 5) is 15.9. The Balaban J connectivity index is 2.57. The molecule has 1 saturated heterocycles. The summed E-state index contributed by atoms with van der Waals surface area (Å²) in [5.74, 6) is 0.175. The van der Waals surface area contributed by atoms with E-state index >= 15 is 0 Å². The van der Waals surface area contributed by atoms with E-state index in [1.165, 1.54) is 19.3 Å². The van der Waals surface area contributed by atoms with Gasteiger partial charge in [-0.3, -0.25) is 9.69 Å². The molecule has 1 rings (SSSR count). The van der Waals surface area contributed by atoms with E-state index in [-0.39, 0.29) is 11.9 Å². The van der Waals surface area contributed by atoms with Crippen LogP contribution in [-0.4, -0.2) is 55.5 Å². The van der Waals surface area contributed by atoms with Crippen molar-refractivity contribution in [1.29, 1.82) is 0 Å². The lowest BCUT2D eigenvalue weighted by molar-refractivity contribution is -0.129. The molecule has 1 amide bonds. The second-order valence-corrected chi connectivity index (χ2v) is 6.44. The van der Waals surface area contributed by atoms with Crippen molar-refractivity contribution in [2.75, 3.05) is 33.7 Å². The zero-order valence-corrected chi connectivity index (χ0v) is 12.4. The Labute approximate surface area is 111 Å². The van der Waals surface area contributed by atoms with Gasteiger partial charge >= 0.3 is 0 Å². The van der Waals surface area contributed by atoms with E-state index in [1.807, 2.05) is 0 Å². The van der Waals surface area contributed by atoms with Gasteiger partial charge in [0.05, 0.1) is 0 Å². The van der Waals surface area contributed by atoms with Gasteiger partial charge < -0.3 is 10.6 Å². The van der Waals surface area contributed by atoms with E-state index < -0.39 is 0 Å². The summed E-state index contributed by atoms with van der Waals surface area (Å²) < 4.78 is 0. The van der Waals surface area contributed by atoms with Crippen molar-refractivity contribution >= 4 is 5.91 Å². The van der Waals surface area contributed by atoms with Gasteiger partial charge in [0.15, 0.2) is 0 Å². The molecule has 4 nitrogen and oxygen atoms in total. The fourth-order valence-corrected chi connectivity index (χ4v) is 2.55. The van der Waals surface area contributed by atoms with Crippen molar-refractivity contribution in [3.63, 3.8) is 0 Å². The van der Waals surface area contributed by atoms with Crippen LogP contribution in [0.15, 0.2) is 0 Å². The third kappa shape index (κ3) is 4.58. The smallest absolute Gasteiger partial charge is 0.223 e. The van der Waals surface area contributed by atoms with Crippen LogP contribution < -0.4 is 5.73 Å². The second-order valence-electron chi connectivity index (χ2n) is 6.44. The van der Waals surface area contributed by atoms with Gasteiger partial charge in [-0.2, -0.15) is 0 Å². The highest BCUT2D eigenvalue weighted by Crippen LogP contribution is 2.30. The Morgan fingerprint density at radius 3 is 2.56 bits per heavy atom. The lowest BCUT2D eigenvalue weighted by atomic mass is 9.85. The zero-order valence-electron chi connectivity index (χ0n) is 12.4. The van der Waals surface area contributed by atoms with Gasteiger partial charge in [-0.05, 0) is 37.8 Å². The number of nitrogens with two attached hydrogens (primary N) is 1. The van der Waals surface area contributed by atoms with Crippen molar-refractivity contribution in [3.8, 4) is 0 Å². The molecule has 1 fully saturated rings. The average Bonchev–Trinajstić information content (AvgIpc) is 2.46. The van der Waals surface area contributed by atoms with Gasteiger partial charge in [0.1, 0.15) is 0 Å². The number of amides is 1. The minimum Gasteiger partial charge on any atom is -0.349 e. The van der Waals surface area contributed by atoms with Gasteiger partial charge in [0.2, 0.25) is 5.91 Å². The zero-order chi connectivity index (χ0) is 13.8. The van der Waals surface area contributed by atoms with E-state index in [0.29, 0.717) is 18.4 Å². The second kappa shape index (κ2) is 6.53. The molecule has 106 valence electrons. The number of likely N-dealkylation sites (tertiary alicyclic amines) is 1. The van der Waals surface area contributed by atoms with Crippen LogP contribution in [0.4, 0.5) is 0 Å². The fourth-order valence-electron chi connectivity index (χ4n) is 2.55. The first-order valence-electron chi connectivity index (χ1n) is 7.00. The average molecular weight is 255 g/mol. The predicted octanol–water partition coefficient (Wildman–Crippen LogP) is 1.30. The molecule has 0 saturated carbocycles. The van der Waals surface area contributed by atoms with Gasteiger partial charge in [-0.25, -0.2) is 0 Å². The third-order valence-corrected chi connectivity index (χ3v) is 4.07. The van der Waals surface area contributed by atoms with E-state index in [1.54, 1.807) is 19.0 Å². The number of nitrogens with zero attached hydrogens (tertiary/aromatic N) is 2. The van der Waals surface area contributed by atoms with Crippen LogP contribution in [0.25, 0.3) is 0 Å². The van der Waals surface area contributed by atoms with Crippen molar-refractivity contribution in [2.45, 2.75) is 45.6 Å². The summed E-state index contributed by atoms with van der Waals surface area (Å²) >= 11 is 0. The summed E-state index contributed by atoms with van der Waals surface area (Å²) in [7, 11) is 3.61. The fraction of sp³-hybridized carbons (Fsp3) is 0.929. The van der Waals surface area contributed by atoms with Crippen LogP contribution in [0.5, 0.6) is 0 Å². The van der Waals surface area contributed by atoms with Gasteiger partial charge in [-0.1, -0.05) is 13.8 Å². The molecule has 2 N–H and O–H groups in total. The molecule has 0 bridgehead atoms. The number of carbonyl (C=O) groups excluding carboxylic acids is 1. The molecule has 1 heterocycles. The van der Waals surface area contributed by atoms with Crippen LogP contribution in [0, 0.1) is 5.41 Å². The highest BCUT2D eigenvalue weighted by Gasteiger charge is 2.27. The number of hydrogen-bond acceptors (Lipinski definition) is 3.